The van der Waals surface area contributed by atoms with E-state index in [4.69, 9.17) is 5.11 Å². The van der Waals surface area contributed by atoms with Crippen molar-refractivity contribution in [1.29, 1.82) is 0 Å². The van der Waals surface area contributed by atoms with Gasteiger partial charge in [0.25, 0.3) is 0 Å². The maximum atomic E-state index is 14.0. The number of benzene rings is 1. The SMILES string of the molecule is COC(=O)c1c(F)ccc(F)c1N1CC(C(=O)O)CC1=O. The summed E-state index contributed by atoms with van der Waals surface area (Å²) in [6.45, 7) is -0.335. The first kappa shape index (κ1) is 14.9. The van der Waals surface area contributed by atoms with Crippen LogP contribution in [-0.4, -0.2) is 36.6 Å². The summed E-state index contributed by atoms with van der Waals surface area (Å²) >= 11 is 0. The van der Waals surface area contributed by atoms with Crippen molar-refractivity contribution < 1.29 is 33.0 Å². The highest BCUT2D eigenvalue weighted by Crippen LogP contribution is 2.32. The maximum Gasteiger partial charge on any atom is 0.343 e. The van der Waals surface area contributed by atoms with Crippen molar-refractivity contribution in [3.8, 4) is 0 Å². The molecule has 1 aromatic rings. The van der Waals surface area contributed by atoms with Crippen molar-refractivity contribution in [3.63, 3.8) is 0 Å². The van der Waals surface area contributed by atoms with Crippen LogP contribution >= 0.6 is 0 Å². The molecular formula is C13H11F2NO5. The number of anilines is 1. The molecule has 8 heteroatoms. The Labute approximate surface area is 117 Å². The van der Waals surface area contributed by atoms with Gasteiger partial charge in [0.05, 0.1) is 18.7 Å². The Balaban J connectivity index is 2.53. The maximum absolute atomic E-state index is 14.0. The van der Waals surface area contributed by atoms with Crippen LogP contribution in [0.1, 0.15) is 16.8 Å². The van der Waals surface area contributed by atoms with E-state index in [0.29, 0.717) is 0 Å². The van der Waals surface area contributed by atoms with Crippen LogP contribution in [0.5, 0.6) is 0 Å². The number of halogens is 2. The molecule has 0 bridgehead atoms. The molecule has 6 nitrogen and oxygen atoms in total. The standard InChI is InChI=1S/C13H11F2NO5/c1-21-13(20)10-7(14)2-3-8(15)11(10)16-5-6(12(18)19)4-9(16)17/h2-3,6H,4-5H2,1H3,(H,18,19). The fourth-order valence-electron chi connectivity index (χ4n) is 2.19. The van der Waals surface area contributed by atoms with Crippen LogP contribution in [0.2, 0.25) is 0 Å². The quantitative estimate of drug-likeness (QED) is 0.848. The minimum absolute atomic E-state index is 0.335. The summed E-state index contributed by atoms with van der Waals surface area (Å²) in [5.41, 5.74) is -1.31. The van der Waals surface area contributed by atoms with E-state index >= 15 is 0 Å². The molecule has 1 N–H and O–H groups in total. The number of nitrogens with zero attached hydrogens (tertiary/aromatic N) is 1. The van der Waals surface area contributed by atoms with Crippen LogP contribution < -0.4 is 4.90 Å². The van der Waals surface area contributed by atoms with Gasteiger partial charge in [-0.15, -0.1) is 0 Å². The van der Waals surface area contributed by atoms with E-state index in [0.717, 1.165) is 24.1 Å². The molecule has 1 atom stereocenters. The number of carbonyl (C=O) groups is 3. The van der Waals surface area contributed by atoms with E-state index in [1.54, 1.807) is 0 Å². The fourth-order valence-corrected chi connectivity index (χ4v) is 2.19. The summed E-state index contributed by atoms with van der Waals surface area (Å²) in [7, 11) is 0.988. The number of esters is 1. The second kappa shape index (κ2) is 5.47. The number of methoxy groups -OCH3 is 1. The highest BCUT2D eigenvalue weighted by atomic mass is 19.1. The van der Waals surface area contributed by atoms with Gasteiger partial charge in [-0.3, -0.25) is 9.59 Å². The number of hydrogen-bond donors (Lipinski definition) is 1. The summed E-state index contributed by atoms with van der Waals surface area (Å²) in [6.07, 6.45) is -0.341. The van der Waals surface area contributed by atoms with Gasteiger partial charge < -0.3 is 14.7 Å². The number of ether oxygens (including phenoxy) is 1. The lowest BCUT2D eigenvalue weighted by Gasteiger charge is -2.20. The molecule has 1 amide bonds. The van der Waals surface area contributed by atoms with E-state index in [-0.39, 0.29) is 13.0 Å². The fraction of sp³-hybridized carbons (Fsp3) is 0.308. The summed E-state index contributed by atoms with van der Waals surface area (Å²) in [6, 6.07) is 1.50. The average Bonchev–Trinajstić information content (AvgIpc) is 2.82. The number of hydrogen-bond acceptors (Lipinski definition) is 4. The van der Waals surface area contributed by atoms with E-state index in [1.165, 1.54) is 0 Å². The van der Waals surface area contributed by atoms with Crippen molar-refractivity contribution in [2.75, 3.05) is 18.6 Å². The van der Waals surface area contributed by atoms with Crippen LogP contribution in [-0.2, 0) is 14.3 Å². The predicted molar refractivity (Wildman–Crippen MR) is 65.8 cm³/mol. The molecule has 1 aliphatic rings. The topological polar surface area (TPSA) is 83.9 Å². The van der Waals surface area contributed by atoms with Gasteiger partial charge in [-0.05, 0) is 12.1 Å². The van der Waals surface area contributed by atoms with E-state index in [9.17, 15) is 23.2 Å². The van der Waals surface area contributed by atoms with Crippen molar-refractivity contribution >= 4 is 23.5 Å². The molecule has 112 valence electrons. The molecule has 0 aromatic heterocycles. The number of carboxylic acids is 1. The minimum atomic E-state index is -1.22. The predicted octanol–water partition coefficient (Wildman–Crippen LogP) is 1.19. The van der Waals surface area contributed by atoms with Gasteiger partial charge in [0, 0.05) is 13.0 Å². The molecule has 0 aliphatic carbocycles. The Hall–Kier alpha value is -2.51. The first-order chi connectivity index (χ1) is 9.86. The zero-order valence-electron chi connectivity index (χ0n) is 10.9. The lowest BCUT2D eigenvalue weighted by atomic mass is 10.1. The summed E-state index contributed by atoms with van der Waals surface area (Å²) < 4.78 is 32.1. The van der Waals surface area contributed by atoms with Crippen LogP contribution in [0.3, 0.4) is 0 Å². The van der Waals surface area contributed by atoms with Crippen molar-refractivity contribution in [2.24, 2.45) is 5.92 Å². The Morgan fingerprint density at radius 3 is 2.48 bits per heavy atom. The van der Waals surface area contributed by atoms with Crippen LogP contribution in [0.25, 0.3) is 0 Å². The van der Waals surface area contributed by atoms with Gasteiger partial charge in [-0.25, -0.2) is 13.6 Å². The highest BCUT2D eigenvalue weighted by molar-refractivity contribution is 6.05. The Morgan fingerprint density at radius 1 is 1.33 bits per heavy atom. The molecule has 1 aromatic carbocycles. The lowest BCUT2D eigenvalue weighted by Crippen LogP contribution is -2.29. The van der Waals surface area contributed by atoms with E-state index in [2.05, 4.69) is 4.74 Å². The third-order valence-corrected chi connectivity index (χ3v) is 3.21. The molecule has 2 rings (SSSR count). The zero-order valence-corrected chi connectivity index (χ0v) is 10.9. The van der Waals surface area contributed by atoms with Gasteiger partial charge in [0.15, 0.2) is 0 Å². The molecule has 21 heavy (non-hydrogen) atoms. The van der Waals surface area contributed by atoms with Crippen molar-refractivity contribution in [3.05, 3.63) is 29.3 Å². The molecule has 0 radical (unpaired) electrons. The third kappa shape index (κ3) is 2.56. The summed E-state index contributed by atoms with van der Waals surface area (Å²) in [4.78, 5) is 35.1. The Morgan fingerprint density at radius 2 is 1.95 bits per heavy atom. The minimum Gasteiger partial charge on any atom is -0.481 e. The number of rotatable bonds is 3. The van der Waals surface area contributed by atoms with Crippen molar-refractivity contribution in [1.82, 2.24) is 0 Å². The molecule has 1 saturated heterocycles. The number of aliphatic carboxylic acids is 1. The number of amides is 1. The molecule has 0 saturated carbocycles. The normalized spacial score (nSPS) is 18.0. The first-order valence-corrected chi connectivity index (χ1v) is 5.96. The van der Waals surface area contributed by atoms with E-state index in [1.807, 2.05) is 0 Å². The van der Waals surface area contributed by atoms with Crippen molar-refractivity contribution in [2.45, 2.75) is 6.42 Å². The molecule has 1 fully saturated rings. The zero-order chi connectivity index (χ0) is 15.7. The van der Waals surface area contributed by atoms with Gasteiger partial charge >= 0.3 is 11.9 Å². The van der Waals surface area contributed by atoms with Gasteiger partial charge in [0.2, 0.25) is 5.91 Å². The third-order valence-electron chi connectivity index (χ3n) is 3.21. The first-order valence-electron chi connectivity index (χ1n) is 5.96. The molecular weight excluding hydrogens is 288 g/mol. The molecule has 1 unspecified atom stereocenters. The van der Waals surface area contributed by atoms with Gasteiger partial charge in [-0.1, -0.05) is 0 Å². The highest BCUT2D eigenvalue weighted by Gasteiger charge is 2.39. The number of carbonyl (C=O) groups excluding carboxylic acids is 2. The van der Waals surface area contributed by atoms with E-state index < -0.39 is 46.6 Å². The molecule has 1 aliphatic heterocycles. The second-order valence-electron chi connectivity index (χ2n) is 4.49. The second-order valence-corrected chi connectivity index (χ2v) is 4.49. The smallest absolute Gasteiger partial charge is 0.343 e. The van der Waals surface area contributed by atoms with Crippen LogP contribution in [0.4, 0.5) is 14.5 Å². The van der Waals surface area contributed by atoms with Crippen LogP contribution in [0.15, 0.2) is 12.1 Å². The van der Waals surface area contributed by atoms with Gasteiger partial charge in [0.1, 0.15) is 17.2 Å². The summed E-state index contributed by atoms with van der Waals surface area (Å²) in [5.74, 6) is -6.15. The molecule has 1 heterocycles. The monoisotopic (exact) mass is 299 g/mol. The molecule has 0 spiro atoms. The Kier molecular flexibility index (Phi) is 3.88. The lowest BCUT2D eigenvalue weighted by molar-refractivity contribution is -0.141. The largest absolute Gasteiger partial charge is 0.481 e. The van der Waals surface area contributed by atoms with Crippen LogP contribution in [0, 0.1) is 17.6 Å². The summed E-state index contributed by atoms with van der Waals surface area (Å²) in [5, 5.41) is 8.91. The average molecular weight is 299 g/mol. The van der Waals surface area contributed by atoms with Gasteiger partial charge in [-0.2, -0.15) is 0 Å². The Bertz CT molecular complexity index is 631. The number of carboxylic acid groups (broad SMARTS) is 1.